The first kappa shape index (κ1) is 13.4. The third-order valence-electron chi connectivity index (χ3n) is 2.45. The Labute approximate surface area is 104 Å². The van der Waals surface area contributed by atoms with E-state index >= 15 is 0 Å². The Morgan fingerprint density at radius 2 is 1.94 bits per heavy atom. The molecule has 0 radical (unpaired) electrons. The number of aryl methyl sites for hydroxylation is 1. The number of aromatic nitrogens is 3. The van der Waals surface area contributed by atoms with Gasteiger partial charge in [0.1, 0.15) is 0 Å². The van der Waals surface area contributed by atoms with Crippen molar-refractivity contribution in [1.82, 2.24) is 14.8 Å². The molecule has 0 spiro atoms. The topological polar surface area (TPSA) is 30.7 Å². The van der Waals surface area contributed by atoms with E-state index in [0.29, 0.717) is 5.92 Å². The molecule has 2 rings (SSSR count). The molecule has 92 valence electrons. The molecule has 0 N–H and O–H groups in total. The van der Waals surface area contributed by atoms with Crippen LogP contribution in [0.25, 0.3) is 11.3 Å². The smallest absolute Gasteiger partial charge is 0.0736 e. The summed E-state index contributed by atoms with van der Waals surface area (Å²) in [6.07, 6.45) is 5.68. The second-order valence-electron chi connectivity index (χ2n) is 4.03. The summed E-state index contributed by atoms with van der Waals surface area (Å²) in [7, 11) is 1.91. The molecule has 0 aliphatic heterocycles. The molecule has 2 heterocycles. The average molecular weight is 231 g/mol. The van der Waals surface area contributed by atoms with Crippen molar-refractivity contribution >= 4 is 0 Å². The van der Waals surface area contributed by atoms with Gasteiger partial charge in [-0.1, -0.05) is 27.7 Å². The van der Waals surface area contributed by atoms with Gasteiger partial charge in [0, 0.05) is 25.0 Å². The molecule has 2 aromatic rings. The summed E-state index contributed by atoms with van der Waals surface area (Å²) in [5, 5.41) is 4.14. The fraction of sp³-hybridized carbons (Fsp3) is 0.429. The summed E-state index contributed by atoms with van der Waals surface area (Å²) in [5.41, 5.74) is 3.37. The van der Waals surface area contributed by atoms with Crippen LogP contribution in [-0.2, 0) is 7.05 Å². The molecule has 0 bridgehead atoms. The van der Waals surface area contributed by atoms with E-state index in [1.54, 1.807) is 4.68 Å². The van der Waals surface area contributed by atoms with E-state index in [1.807, 2.05) is 39.5 Å². The van der Waals surface area contributed by atoms with Crippen molar-refractivity contribution in [3.8, 4) is 11.3 Å². The zero-order valence-corrected chi connectivity index (χ0v) is 11.3. The van der Waals surface area contributed by atoms with Gasteiger partial charge in [-0.15, -0.1) is 0 Å². The predicted molar refractivity (Wildman–Crippen MR) is 71.9 cm³/mol. The van der Waals surface area contributed by atoms with Gasteiger partial charge in [0.2, 0.25) is 0 Å². The molecule has 0 aliphatic carbocycles. The Balaban J connectivity index is 0.000000686. The molecule has 3 nitrogen and oxygen atoms in total. The molecular formula is C14H21N3. The minimum atomic E-state index is 0.531. The Kier molecular flexibility index (Phi) is 4.88. The van der Waals surface area contributed by atoms with Crippen LogP contribution in [0, 0.1) is 0 Å². The number of hydrogen-bond donors (Lipinski definition) is 0. The lowest BCUT2D eigenvalue weighted by Crippen LogP contribution is -1.90. The normalized spacial score (nSPS) is 10.0. The number of hydrogen-bond acceptors (Lipinski definition) is 2. The lowest BCUT2D eigenvalue weighted by molar-refractivity contribution is 0.768. The summed E-state index contributed by atoms with van der Waals surface area (Å²) in [5.74, 6) is 0.531. The van der Waals surface area contributed by atoms with E-state index in [1.165, 1.54) is 5.56 Å². The van der Waals surface area contributed by atoms with Crippen molar-refractivity contribution in [3.05, 3.63) is 36.3 Å². The fourth-order valence-electron chi connectivity index (χ4n) is 1.52. The van der Waals surface area contributed by atoms with Crippen LogP contribution in [0.3, 0.4) is 0 Å². The van der Waals surface area contributed by atoms with Gasteiger partial charge in [-0.2, -0.15) is 5.10 Å². The van der Waals surface area contributed by atoms with Crippen LogP contribution in [0.1, 0.15) is 39.2 Å². The molecule has 0 aromatic carbocycles. The molecule has 0 fully saturated rings. The lowest BCUT2D eigenvalue weighted by Gasteiger charge is -2.05. The van der Waals surface area contributed by atoms with Crippen LogP contribution in [0.2, 0.25) is 0 Å². The van der Waals surface area contributed by atoms with Crippen LogP contribution in [-0.4, -0.2) is 14.8 Å². The van der Waals surface area contributed by atoms with Gasteiger partial charge in [0.05, 0.1) is 11.9 Å². The monoisotopic (exact) mass is 231 g/mol. The minimum absolute atomic E-state index is 0.531. The summed E-state index contributed by atoms with van der Waals surface area (Å²) < 4.78 is 1.79. The third-order valence-corrected chi connectivity index (χ3v) is 2.45. The highest BCUT2D eigenvalue weighted by molar-refractivity contribution is 5.57. The van der Waals surface area contributed by atoms with Crippen LogP contribution >= 0.6 is 0 Å². The van der Waals surface area contributed by atoms with Gasteiger partial charge in [-0.05, 0) is 23.6 Å². The number of pyridine rings is 1. The summed E-state index contributed by atoms with van der Waals surface area (Å²) >= 11 is 0. The van der Waals surface area contributed by atoms with Crippen LogP contribution < -0.4 is 0 Å². The SMILES string of the molecule is CC.CC(C)c1ccnc(-c2cnn(C)c2)c1. The highest BCUT2D eigenvalue weighted by Gasteiger charge is 2.04. The maximum Gasteiger partial charge on any atom is 0.0736 e. The molecule has 0 amide bonds. The first-order chi connectivity index (χ1) is 8.16. The number of nitrogens with zero attached hydrogens (tertiary/aromatic N) is 3. The van der Waals surface area contributed by atoms with E-state index in [0.717, 1.165) is 11.3 Å². The van der Waals surface area contributed by atoms with Crippen LogP contribution in [0.5, 0.6) is 0 Å². The van der Waals surface area contributed by atoms with Crippen molar-refractivity contribution in [2.45, 2.75) is 33.6 Å². The summed E-state index contributed by atoms with van der Waals surface area (Å²) in [6.45, 7) is 8.37. The quantitative estimate of drug-likeness (QED) is 0.790. The van der Waals surface area contributed by atoms with E-state index < -0.39 is 0 Å². The molecule has 0 unspecified atom stereocenters. The molecule has 0 atom stereocenters. The van der Waals surface area contributed by atoms with Gasteiger partial charge in [0.15, 0.2) is 0 Å². The van der Waals surface area contributed by atoms with E-state index in [4.69, 9.17) is 0 Å². The van der Waals surface area contributed by atoms with Crippen molar-refractivity contribution in [1.29, 1.82) is 0 Å². The standard InChI is InChI=1S/C12H15N3.C2H6/c1-9(2)10-4-5-13-12(6-10)11-7-14-15(3)8-11;1-2/h4-9H,1-3H3;1-2H3. The second-order valence-corrected chi connectivity index (χ2v) is 4.03. The molecule has 3 heteroatoms. The van der Waals surface area contributed by atoms with Crippen molar-refractivity contribution in [2.24, 2.45) is 7.05 Å². The van der Waals surface area contributed by atoms with Crippen molar-refractivity contribution in [3.63, 3.8) is 0 Å². The second kappa shape index (κ2) is 6.18. The summed E-state index contributed by atoms with van der Waals surface area (Å²) in [4.78, 5) is 4.35. The molecule has 2 aromatic heterocycles. The van der Waals surface area contributed by atoms with E-state index in [-0.39, 0.29) is 0 Å². The van der Waals surface area contributed by atoms with Crippen LogP contribution in [0.15, 0.2) is 30.7 Å². The average Bonchev–Trinajstić information content (AvgIpc) is 2.79. The molecule has 17 heavy (non-hydrogen) atoms. The maximum absolute atomic E-state index is 4.35. The minimum Gasteiger partial charge on any atom is -0.275 e. The molecule has 0 saturated heterocycles. The Bertz CT molecular complexity index is 458. The predicted octanol–water partition coefficient (Wildman–Crippen LogP) is 3.63. The molecular weight excluding hydrogens is 210 g/mol. The van der Waals surface area contributed by atoms with Gasteiger partial charge >= 0.3 is 0 Å². The first-order valence-electron chi connectivity index (χ1n) is 6.12. The Morgan fingerprint density at radius 3 is 2.47 bits per heavy atom. The molecule has 0 saturated carbocycles. The highest BCUT2D eigenvalue weighted by Crippen LogP contribution is 2.20. The fourth-order valence-corrected chi connectivity index (χ4v) is 1.52. The van der Waals surface area contributed by atoms with Gasteiger partial charge in [-0.25, -0.2) is 0 Å². The summed E-state index contributed by atoms with van der Waals surface area (Å²) in [6, 6.07) is 4.19. The molecule has 0 aliphatic rings. The van der Waals surface area contributed by atoms with Crippen molar-refractivity contribution in [2.75, 3.05) is 0 Å². The van der Waals surface area contributed by atoms with Crippen LogP contribution in [0.4, 0.5) is 0 Å². The van der Waals surface area contributed by atoms with E-state index in [2.05, 4.69) is 36.1 Å². The largest absolute Gasteiger partial charge is 0.275 e. The van der Waals surface area contributed by atoms with E-state index in [9.17, 15) is 0 Å². The zero-order valence-electron chi connectivity index (χ0n) is 11.3. The Hall–Kier alpha value is -1.64. The lowest BCUT2D eigenvalue weighted by atomic mass is 10.0. The van der Waals surface area contributed by atoms with Crippen molar-refractivity contribution < 1.29 is 0 Å². The Morgan fingerprint density at radius 1 is 1.24 bits per heavy atom. The zero-order chi connectivity index (χ0) is 12.8. The first-order valence-corrected chi connectivity index (χ1v) is 6.12. The van der Waals surface area contributed by atoms with Gasteiger partial charge in [0.25, 0.3) is 0 Å². The highest BCUT2D eigenvalue weighted by atomic mass is 15.2. The van der Waals surface area contributed by atoms with Gasteiger partial charge in [-0.3, -0.25) is 9.67 Å². The number of rotatable bonds is 2. The third kappa shape index (κ3) is 3.41. The maximum atomic E-state index is 4.35. The van der Waals surface area contributed by atoms with Gasteiger partial charge < -0.3 is 0 Å².